The Balaban J connectivity index is 2.03. The molecule has 126 valence electrons. The zero-order valence-corrected chi connectivity index (χ0v) is 13.1. The van der Waals surface area contributed by atoms with Crippen molar-refractivity contribution in [1.82, 2.24) is 19.6 Å². The van der Waals surface area contributed by atoms with E-state index in [0.717, 1.165) is 0 Å². The van der Waals surface area contributed by atoms with E-state index >= 15 is 0 Å². The van der Waals surface area contributed by atoms with Crippen LogP contribution in [0.25, 0.3) is 16.7 Å². The molecule has 4 rings (SSSR count). The molecule has 0 fully saturated rings. The maximum absolute atomic E-state index is 14.3. The summed E-state index contributed by atoms with van der Waals surface area (Å²) in [6, 6.07) is 8.91. The van der Waals surface area contributed by atoms with Crippen molar-refractivity contribution >= 4 is 33.9 Å². The van der Waals surface area contributed by atoms with Gasteiger partial charge in [0.05, 0.1) is 11.2 Å². The van der Waals surface area contributed by atoms with Gasteiger partial charge in [0, 0.05) is 18.1 Å². The Kier molecular flexibility index (Phi) is 3.43. The van der Waals surface area contributed by atoms with E-state index in [1.54, 1.807) is 34.5 Å². The molecular formula is C16H13F2N7. The van der Waals surface area contributed by atoms with Gasteiger partial charge in [0.2, 0.25) is 0 Å². The van der Waals surface area contributed by atoms with Gasteiger partial charge in [0.1, 0.15) is 23.8 Å². The number of nitrogens with zero attached hydrogens (tertiary/aromatic N) is 5. The van der Waals surface area contributed by atoms with Gasteiger partial charge in [-0.3, -0.25) is 10.2 Å². The molecule has 25 heavy (non-hydrogen) atoms. The molecule has 0 radical (unpaired) electrons. The summed E-state index contributed by atoms with van der Waals surface area (Å²) in [5.41, 5.74) is 3.63. The molecule has 0 saturated carbocycles. The average Bonchev–Trinajstić information content (AvgIpc) is 3.08. The lowest BCUT2D eigenvalue weighted by atomic mass is 10.2. The Morgan fingerprint density at radius 2 is 2.04 bits per heavy atom. The van der Waals surface area contributed by atoms with Gasteiger partial charge in [0.15, 0.2) is 0 Å². The molecule has 0 saturated heterocycles. The van der Waals surface area contributed by atoms with Crippen LogP contribution in [0.3, 0.4) is 0 Å². The minimum atomic E-state index is -0.530. The quantitative estimate of drug-likeness (QED) is 0.440. The molecule has 2 aromatic heterocycles. The molecule has 0 bridgehead atoms. The van der Waals surface area contributed by atoms with Crippen molar-refractivity contribution in [3.63, 3.8) is 0 Å². The number of rotatable bonds is 3. The van der Waals surface area contributed by atoms with Crippen LogP contribution < -0.4 is 16.2 Å². The summed E-state index contributed by atoms with van der Waals surface area (Å²) < 4.78 is 29.5. The average molecular weight is 341 g/mol. The second-order valence-electron chi connectivity index (χ2n) is 5.47. The SMILES string of the molecule is CN(c1cccc(F)c1)c1nc2nncn2c2cc(NN)c(F)cc12. The highest BCUT2D eigenvalue weighted by Gasteiger charge is 2.17. The van der Waals surface area contributed by atoms with Crippen LogP contribution in [0.2, 0.25) is 0 Å². The van der Waals surface area contributed by atoms with Crippen molar-refractivity contribution in [2.45, 2.75) is 0 Å². The molecule has 0 aliphatic heterocycles. The Bertz CT molecular complexity index is 1090. The summed E-state index contributed by atoms with van der Waals surface area (Å²) in [7, 11) is 1.72. The monoisotopic (exact) mass is 341 g/mol. The fourth-order valence-electron chi connectivity index (χ4n) is 2.74. The second-order valence-corrected chi connectivity index (χ2v) is 5.47. The van der Waals surface area contributed by atoms with E-state index in [9.17, 15) is 8.78 Å². The van der Waals surface area contributed by atoms with Crippen LogP contribution in [-0.4, -0.2) is 26.6 Å². The van der Waals surface area contributed by atoms with Crippen molar-refractivity contribution < 1.29 is 8.78 Å². The van der Waals surface area contributed by atoms with Gasteiger partial charge in [-0.05, 0) is 30.3 Å². The smallest absolute Gasteiger partial charge is 0.257 e. The number of hydrazine groups is 1. The van der Waals surface area contributed by atoms with E-state index < -0.39 is 5.82 Å². The number of hydrogen-bond donors (Lipinski definition) is 2. The van der Waals surface area contributed by atoms with Gasteiger partial charge in [-0.1, -0.05) is 6.07 Å². The number of halogens is 2. The fraction of sp³-hybridized carbons (Fsp3) is 0.0625. The van der Waals surface area contributed by atoms with E-state index in [4.69, 9.17) is 5.84 Å². The summed E-state index contributed by atoms with van der Waals surface area (Å²) in [4.78, 5) is 6.10. The van der Waals surface area contributed by atoms with Crippen LogP contribution in [0.5, 0.6) is 0 Å². The molecule has 9 heteroatoms. The van der Waals surface area contributed by atoms with Crippen molar-refractivity contribution in [1.29, 1.82) is 0 Å². The number of fused-ring (bicyclic) bond motifs is 3. The van der Waals surface area contributed by atoms with Crippen molar-refractivity contribution in [3.8, 4) is 0 Å². The van der Waals surface area contributed by atoms with Crippen LogP contribution in [0, 0.1) is 11.6 Å². The zero-order valence-electron chi connectivity index (χ0n) is 13.1. The molecule has 2 aromatic carbocycles. The highest BCUT2D eigenvalue weighted by Crippen LogP contribution is 2.32. The van der Waals surface area contributed by atoms with Crippen LogP contribution in [-0.2, 0) is 0 Å². The first-order chi connectivity index (χ1) is 12.1. The van der Waals surface area contributed by atoms with E-state index in [2.05, 4.69) is 20.6 Å². The molecule has 0 unspecified atom stereocenters. The number of hydrogen-bond acceptors (Lipinski definition) is 6. The minimum absolute atomic E-state index is 0.132. The maximum Gasteiger partial charge on any atom is 0.257 e. The molecule has 0 atom stereocenters. The summed E-state index contributed by atoms with van der Waals surface area (Å²) in [6.45, 7) is 0. The Labute approximate surface area is 140 Å². The van der Waals surface area contributed by atoms with Crippen molar-refractivity contribution in [2.24, 2.45) is 5.84 Å². The number of nitrogen functional groups attached to an aromatic ring is 1. The molecule has 0 aliphatic rings. The summed E-state index contributed by atoms with van der Waals surface area (Å²) >= 11 is 0. The molecule has 2 heterocycles. The van der Waals surface area contributed by atoms with Crippen LogP contribution in [0.1, 0.15) is 0 Å². The second kappa shape index (κ2) is 5.64. The number of benzene rings is 2. The lowest BCUT2D eigenvalue weighted by Crippen LogP contribution is -2.14. The van der Waals surface area contributed by atoms with Gasteiger partial charge >= 0.3 is 0 Å². The highest BCUT2D eigenvalue weighted by molar-refractivity contribution is 5.95. The fourth-order valence-corrected chi connectivity index (χ4v) is 2.74. The normalized spacial score (nSPS) is 11.2. The molecular weight excluding hydrogens is 328 g/mol. The number of aromatic nitrogens is 4. The number of nitrogens with one attached hydrogen (secondary N) is 1. The standard InChI is InChI=1S/C16H13F2N7/c1-24(10-4-2-3-9(17)5-10)15-11-6-12(18)13(22-19)7-14(11)25-8-20-23-16(25)21-15/h2-8,22H,19H2,1H3. The Morgan fingerprint density at radius 3 is 2.80 bits per heavy atom. The highest BCUT2D eigenvalue weighted by atomic mass is 19.1. The topological polar surface area (TPSA) is 84.4 Å². The van der Waals surface area contributed by atoms with Crippen LogP contribution in [0.4, 0.5) is 26.0 Å². The zero-order chi connectivity index (χ0) is 17.6. The predicted molar refractivity (Wildman–Crippen MR) is 90.5 cm³/mol. The largest absolute Gasteiger partial charge is 0.329 e. The van der Waals surface area contributed by atoms with Gasteiger partial charge < -0.3 is 10.3 Å². The summed E-state index contributed by atoms with van der Waals surface area (Å²) in [5, 5.41) is 8.31. The lowest BCUT2D eigenvalue weighted by molar-refractivity contribution is 0.627. The van der Waals surface area contributed by atoms with E-state index in [1.165, 1.54) is 24.5 Å². The van der Waals surface area contributed by atoms with Gasteiger partial charge in [-0.15, -0.1) is 10.2 Å². The predicted octanol–water partition coefficient (Wildman–Crippen LogP) is 2.61. The molecule has 4 aromatic rings. The third kappa shape index (κ3) is 2.41. The summed E-state index contributed by atoms with van der Waals surface area (Å²) in [6.07, 6.45) is 1.48. The van der Waals surface area contributed by atoms with Crippen molar-refractivity contribution in [3.05, 3.63) is 54.4 Å². The van der Waals surface area contributed by atoms with Crippen molar-refractivity contribution in [2.75, 3.05) is 17.4 Å². The Hall–Kier alpha value is -3.33. The first-order valence-electron chi connectivity index (χ1n) is 7.37. The molecule has 0 spiro atoms. The molecule has 0 aliphatic carbocycles. The van der Waals surface area contributed by atoms with Gasteiger partial charge in [0.25, 0.3) is 5.78 Å². The van der Waals surface area contributed by atoms with E-state index in [-0.39, 0.29) is 11.5 Å². The third-order valence-corrected chi connectivity index (χ3v) is 3.99. The minimum Gasteiger partial charge on any atom is -0.329 e. The molecule has 3 N–H and O–H groups in total. The number of nitrogens with two attached hydrogens (primary N) is 1. The first-order valence-corrected chi connectivity index (χ1v) is 7.37. The summed E-state index contributed by atoms with van der Waals surface area (Å²) in [5.74, 6) is 5.22. The maximum atomic E-state index is 14.3. The van der Waals surface area contributed by atoms with Gasteiger partial charge in [-0.2, -0.15) is 4.98 Å². The third-order valence-electron chi connectivity index (χ3n) is 3.99. The van der Waals surface area contributed by atoms with Gasteiger partial charge in [-0.25, -0.2) is 8.78 Å². The van der Waals surface area contributed by atoms with Crippen LogP contribution >= 0.6 is 0 Å². The van der Waals surface area contributed by atoms with Crippen LogP contribution in [0.15, 0.2) is 42.7 Å². The Morgan fingerprint density at radius 1 is 1.20 bits per heavy atom. The molecule has 0 amide bonds. The van der Waals surface area contributed by atoms with E-state index in [0.29, 0.717) is 28.2 Å². The molecule has 7 nitrogen and oxygen atoms in total. The van der Waals surface area contributed by atoms with E-state index in [1.807, 2.05) is 0 Å². The first kappa shape index (κ1) is 15.2. The number of anilines is 3. The lowest BCUT2D eigenvalue weighted by Gasteiger charge is -2.21.